The Morgan fingerprint density at radius 3 is 2.78 bits per heavy atom. The predicted molar refractivity (Wildman–Crippen MR) is 72.4 cm³/mol. The lowest BCUT2D eigenvalue weighted by Gasteiger charge is -2.38. The number of likely N-dealkylation sites (tertiary alicyclic amines) is 1. The third-order valence-electron chi connectivity index (χ3n) is 4.27. The summed E-state index contributed by atoms with van der Waals surface area (Å²) in [7, 11) is 1.44. The summed E-state index contributed by atoms with van der Waals surface area (Å²) in [6.07, 6.45) is 1.81. The van der Waals surface area contributed by atoms with Crippen molar-refractivity contribution >= 4 is 19.8 Å². The van der Waals surface area contributed by atoms with Crippen LogP contribution in [0.5, 0.6) is 0 Å². The van der Waals surface area contributed by atoms with Gasteiger partial charge < -0.3 is 14.9 Å². The summed E-state index contributed by atoms with van der Waals surface area (Å²) in [5.41, 5.74) is 2.87. The first-order valence-electron chi connectivity index (χ1n) is 6.41. The van der Waals surface area contributed by atoms with Gasteiger partial charge in [0.05, 0.1) is 0 Å². The lowest BCUT2D eigenvalue weighted by molar-refractivity contribution is 0.129. The molecule has 0 aromatic heterocycles. The Bertz CT molecular complexity index is 470. The number of para-hydroxylation sites is 1. The summed E-state index contributed by atoms with van der Waals surface area (Å²) in [4.78, 5) is 13.3. The summed E-state index contributed by atoms with van der Waals surface area (Å²) < 4.78 is 4.78. The quantitative estimate of drug-likeness (QED) is 0.695. The maximum absolute atomic E-state index is 11.5. The van der Waals surface area contributed by atoms with Gasteiger partial charge in [-0.25, -0.2) is 4.79 Å². The maximum atomic E-state index is 11.5. The van der Waals surface area contributed by atoms with E-state index in [2.05, 4.69) is 29.6 Å². The van der Waals surface area contributed by atoms with Crippen LogP contribution in [0.3, 0.4) is 0 Å². The van der Waals surface area contributed by atoms with Crippen LogP contribution in [0.25, 0.3) is 0 Å². The number of nitrogens with zero attached hydrogens (tertiary/aromatic N) is 1. The van der Waals surface area contributed by atoms with E-state index in [9.17, 15) is 4.79 Å². The monoisotopic (exact) mass is 244 g/mol. The van der Waals surface area contributed by atoms with Crippen LogP contribution in [0.15, 0.2) is 24.3 Å². The van der Waals surface area contributed by atoms with Crippen molar-refractivity contribution in [1.29, 1.82) is 0 Å². The molecule has 18 heavy (non-hydrogen) atoms. The predicted octanol–water partition coefficient (Wildman–Crippen LogP) is 1.13. The molecule has 2 heterocycles. The Hall–Kier alpha value is -1.65. The second-order valence-corrected chi connectivity index (χ2v) is 5.14. The minimum absolute atomic E-state index is 0.205. The van der Waals surface area contributed by atoms with Crippen LogP contribution < -0.4 is 5.32 Å². The van der Waals surface area contributed by atoms with E-state index in [0.717, 1.165) is 32.5 Å². The van der Waals surface area contributed by atoms with Crippen molar-refractivity contribution in [3.8, 4) is 0 Å². The second-order valence-electron chi connectivity index (χ2n) is 5.14. The minimum atomic E-state index is -0.205. The van der Waals surface area contributed by atoms with Gasteiger partial charge in [-0.2, -0.15) is 0 Å². The molecule has 2 aliphatic heterocycles. The largest absolute Gasteiger partial charge is 0.528 e. The van der Waals surface area contributed by atoms with Gasteiger partial charge in [-0.3, -0.25) is 0 Å². The van der Waals surface area contributed by atoms with Crippen LogP contribution in [0.4, 0.5) is 10.5 Å². The van der Waals surface area contributed by atoms with Gasteiger partial charge in [-0.1, -0.05) is 18.2 Å². The van der Waals surface area contributed by atoms with Crippen LogP contribution in [-0.4, -0.2) is 38.7 Å². The molecule has 0 saturated carbocycles. The fourth-order valence-electron chi connectivity index (χ4n) is 3.15. The highest BCUT2D eigenvalue weighted by Gasteiger charge is 2.41. The van der Waals surface area contributed by atoms with Crippen LogP contribution in [0.2, 0.25) is 0 Å². The molecular formula is C13H17BN2O2. The molecule has 2 aliphatic rings. The number of hydrogen-bond donors (Lipinski definition) is 1. The van der Waals surface area contributed by atoms with E-state index >= 15 is 0 Å². The summed E-state index contributed by atoms with van der Waals surface area (Å²) in [5, 5.41) is 3.48. The second kappa shape index (κ2) is 4.23. The highest BCUT2D eigenvalue weighted by atomic mass is 16.5. The lowest BCUT2D eigenvalue weighted by Crippen LogP contribution is -2.46. The van der Waals surface area contributed by atoms with Crippen molar-refractivity contribution in [2.24, 2.45) is 0 Å². The average Bonchev–Trinajstić information content (AvgIpc) is 2.78. The Morgan fingerprint density at radius 2 is 2.06 bits per heavy atom. The molecule has 0 unspecified atom stereocenters. The molecule has 1 saturated heterocycles. The minimum Gasteiger partial charge on any atom is -0.528 e. The van der Waals surface area contributed by atoms with Crippen molar-refractivity contribution < 1.29 is 9.45 Å². The Balaban J connectivity index is 1.79. The van der Waals surface area contributed by atoms with Gasteiger partial charge in [0.2, 0.25) is 0 Å². The maximum Gasteiger partial charge on any atom is 0.391 e. The highest BCUT2D eigenvalue weighted by Crippen LogP contribution is 2.43. The summed E-state index contributed by atoms with van der Waals surface area (Å²) in [6, 6.07) is 8.51. The van der Waals surface area contributed by atoms with Gasteiger partial charge in [0.25, 0.3) is 0 Å². The molecule has 0 bridgehead atoms. The van der Waals surface area contributed by atoms with Crippen molar-refractivity contribution in [2.75, 3.05) is 25.0 Å². The Morgan fingerprint density at radius 1 is 1.33 bits per heavy atom. The van der Waals surface area contributed by atoms with Crippen LogP contribution >= 0.6 is 0 Å². The van der Waals surface area contributed by atoms with Crippen molar-refractivity contribution in [1.82, 2.24) is 4.90 Å². The van der Waals surface area contributed by atoms with Gasteiger partial charge >= 0.3 is 14.1 Å². The summed E-state index contributed by atoms with van der Waals surface area (Å²) in [6.45, 7) is 2.55. The number of carbonyl (C=O) groups is 1. The molecule has 0 atom stereocenters. The Kier molecular flexibility index (Phi) is 2.69. The van der Waals surface area contributed by atoms with E-state index in [0.29, 0.717) is 0 Å². The van der Waals surface area contributed by atoms with Crippen LogP contribution in [0, 0.1) is 0 Å². The highest BCUT2D eigenvalue weighted by molar-refractivity contribution is 6.05. The van der Waals surface area contributed by atoms with E-state index in [4.69, 9.17) is 4.65 Å². The third kappa shape index (κ3) is 1.65. The molecule has 3 rings (SSSR count). The number of nitrogens with one attached hydrogen (secondary N) is 1. The van der Waals surface area contributed by atoms with Gasteiger partial charge in [0.1, 0.15) is 0 Å². The molecular weight excluding hydrogens is 227 g/mol. The van der Waals surface area contributed by atoms with Gasteiger partial charge in [0.15, 0.2) is 0 Å². The number of anilines is 1. The molecule has 1 N–H and O–H groups in total. The molecule has 1 aromatic carbocycles. The molecule has 1 fully saturated rings. The SMILES string of the molecule is BOC(=O)N1CCC2(CC1)CNc1ccccc12. The van der Waals surface area contributed by atoms with E-state index in [-0.39, 0.29) is 11.5 Å². The van der Waals surface area contributed by atoms with Gasteiger partial charge in [-0.05, 0) is 24.5 Å². The molecule has 0 radical (unpaired) electrons. The molecule has 4 nitrogen and oxygen atoms in total. The third-order valence-corrected chi connectivity index (χ3v) is 4.27. The molecule has 94 valence electrons. The van der Waals surface area contributed by atoms with Crippen molar-refractivity contribution in [3.63, 3.8) is 0 Å². The molecule has 1 spiro atoms. The molecule has 1 aromatic rings. The zero-order chi connectivity index (χ0) is 12.6. The smallest absolute Gasteiger partial charge is 0.391 e. The normalized spacial score (nSPS) is 20.3. The number of piperidine rings is 1. The molecule has 0 aliphatic carbocycles. The Labute approximate surface area is 108 Å². The molecule has 5 heteroatoms. The van der Waals surface area contributed by atoms with Crippen molar-refractivity contribution in [3.05, 3.63) is 29.8 Å². The summed E-state index contributed by atoms with van der Waals surface area (Å²) in [5.74, 6) is 0. The number of carbonyl (C=O) groups excluding carboxylic acids is 1. The van der Waals surface area contributed by atoms with Gasteiger partial charge in [0, 0.05) is 30.7 Å². The van der Waals surface area contributed by atoms with E-state index < -0.39 is 0 Å². The van der Waals surface area contributed by atoms with E-state index in [1.54, 1.807) is 4.90 Å². The summed E-state index contributed by atoms with van der Waals surface area (Å²) >= 11 is 0. The van der Waals surface area contributed by atoms with E-state index in [1.807, 2.05) is 0 Å². The fraction of sp³-hybridized carbons (Fsp3) is 0.462. The van der Waals surface area contributed by atoms with Crippen LogP contribution in [0.1, 0.15) is 18.4 Å². The first kappa shape index (κ1) is 11.4. The lowest BCUT2D eigenvalue weighted by atomic mass is 9.74. The fourth-order valence-corrected chi connectivity index (χ4v) is 3.15. The molecule has 1 amide bonds. The standard InChI is InChI=1S/C13H17BN2O2/c14-18-12(17)16-7-5-13(6-8-16)9-15-11-4-2-1-3-10(11)13/h1-4,15H,5-9,14H2. The van der Waals surface area contributed by atoms with Crippen LogP contribution in [-0.2, 0) is 10.1 Å². The topological polar surface area (TPSA) is 41.6 Å². The first-order chi connectivity index (χ1) is 8.75. The number of hydrogen-bond acceptors (Lipinski definition) is 3. The first-order valence-corrected chi connectivity index (χ1v) is 6.41. The zero-order valence-electron chi connectivity index (χ0n) is 10.6. The number of amides is 1. The average molecular weight is 244 g/mol. The number of benzene rings is 1. The number of fused-ring (bicyclic) bond motifs is 2. The van der Waals surface area contributed by atoms with Crippen molar-refractivity contribution in [2.45, 2.75) is 18.3 Å². The van der Waals surface area contributed by atoms with E-state index in [1.165, 1.54) is 19.3 Å². The number of rotatable bonds is 0. The zero-order valence-corrected chi connectivity index (χ0v) is 10.6. The van der Waals surface area contributed by atoms with Gasteiger partial charge in [-0.15, -0.1) is 0 Å².